The van der Waals surface area contributed by atoms with Crippen molar-refractivity contribution in [2.45, 2.75) is 13.0 Å². The molecule has 0 aliphatic carbocycles. The van der Waals surface area contributed by atoms with E-state index >= 15 is 0 Å². The molecule has 142 valence electrons. The second kappa shape index (κ2) is 10.1. The van der Waals surface area contributed by atoms with E-state index in [9.17, 15) is 19.2 Å². The lowest BCUT2D eigenvalue weighted by Crippen LogP contribution is -2.33. The Hall–Kier alpha value is -3.20. The summed E-state index contributed by atoms with van der Waals surface area (Å²) in [6.07, 6.45) is 0.171. The van der Waals surface area contributed by atoms with E-state index < -0.39 is 11.8 Å². The smallest absolute Gasteiger partial charge is 0.261 e. The van der Waals surface area contributed by atoms with Gasteiger partial charge in [0, 0.05) is 25.1 Å². The van der Waals surface area contributed by atoms with E-state index in [4.69, 9.17) is 5.73 Å². The fourth-order valence-corrected chi connectivity index (χ4v) is 2.76. The molecule has 9 heteroatoms. The minimum Gasteiger partial charge on any atom is -0.368 e. The van der Waals surface area contributed by atoms with Crippen LogP contribution in [0.15, 0.2) is 41.8 Å². The molecule has 1 aromatic heterocycles. The highest BCUT2D eigenvalue weighted by Gasteiger charge is 2.08. The second-order valence-corrected chi connectivity index (χ2v) is 6.55. The summed E-state index contributed by atoms with van der Waals surface area (Å²) >= 11 is 1.34. The molecule has 8 nitrogen and oxygen atoms in total. The lowest BCUT2D eigenvalue weighted by atomic mass is 10.1. The first-order chi connectivity index (χ1) is 13.0. The fraction of sp³-hybridized carbons (Fsp3) is 0.222. The van der Waals surface area contributed by atoms with Crippen LogP contribution in [0.25, 0.3) is 0 Å². The van der Waals surface area contributed by atoms with Crippen LogP contribution < -0.4 is 21.7 Å². The maximum absolute atomic E-state index is 11.8. The molecule has 2 rings (SSSR count). The molecule has 0 saturated carbocycles. The molecule has 0 bridgehead atoms. The van der Waals surface area contributed by atoms with E-state index in [0.29, 0.717) is 17.0 Å². The number of carbonyl (C=O) groups is 4. The normalized spacial score (nSPS) is 10.1. The Morgan fingerprint density at radius 3 is 2.30 bits per heavy atom. The van der Waals surface area contributed by atoms with Gasteiger partial charge in [0.2, 0.25) is 11.8 Å². The monoisotopic (exact) mass is 388 g/mol. The van der Waals surface area contributed by atoms with Gasteiger partial charge in [-0.3, -0.25) is 19.2 Å². The molecule has 1 aromatic carbocycles. The maximum Gasteiger partial charge on any atom is 0.261 e. The van der Waals surface area contributed by atoms with E-state index in [1.54, 1.807) is 36.4 Å². The molecule has 0 fully saturated rings. The molecule has 0 saturated heterocycles. The Morgan fingerprint density at radius 2 is 1.67 bits per heavy atom. The molecular formula is C18H20N4O4S. The lowest BCUT2D eigenvalue weighted by Gasteiger charge is -2.07. The molecule has 1 heterocycles. The summed E-state index contributed by atoms with van der Waals surface area (Å²) < 4.78 is 0. The number of nitrogens with two attached hydrogens (primary N) is 1. The van der Waals surface area contributed by atoms with Gasteiger partial charge in [0.05, 0.1) is 11.4 Å². The van der Waals surface area contributed by atoms with Crippen LogP contribution in [-0.2, 0) is 16.1 Å². The van der Waals surface area contributed by atoms with Crippen molar-refractivity contribution in [3.63, 3.8) is 0 Å². The van der Waals surface area contributed by atoms with Crippen LogP contribution in [0.4, 0.5) is 0 Å². The molecule has 0 radical (unpaired) electrons. The van der Waals surface area contributed by atoms with Gasteiger partial charge >= 0.3 is 0 Å². The van der Waals surface area contributed by atoms with Gasteiger partial charge in [-0.25, -0.2) is 0 Å². The van der Waals surface area contributed by atoms with Crippen molar-refractivity contribution in [2.75, 3.05) is 13.1 Å². The predicted octanol–water partition coefficient (Wildman–Crippen LogP) is 0.399. The van der Waals surface area contributed by atoms with E-state index in [-0.39, 0.29) is 31.3 Å². The summed E-state index contributed by atoms with van der Waals surface area (Å²) in [4.78, 5) is 46.6. The van der Waals surface area contributed by atoms with Crippen molar-refractivity contribution >= 4 is 35.0 Å². The van der Waals surface area contributed by atoms with Crippen LogP contribution >= 0.6 is 11.3 Å². The minimum atomic E-state index is -0.616. The van der Waals surface area contributed by atoms with Gasteiger partial charge in [-0.1, -0.05) is 18.2 Å². The van der Waals surface area contributed by atoms with E-state index in [1.807, 2.05) is 5.38 Å². The molecule has 27 heavy (non-hydrogen) atoms. The third-order valence-electron chi connectivity index (χ3n) is 3.51. The van der Waals surface area contributed by atoms with Crippen molar-refractivity contribution < 1.29 is 19.2 Å². The summed E-state index contributed by atoms with van der Waals surface area (Å²) in [6.45, 7) is 0.335. The standard InChI is InChI=1S/C18H20N4O4S/c19-15(23)11-22-17(25)13-5-3-12(4-6-13)10-21-16(24)7-8-20-18(26)14-2-1-9-27-14/h1-6,9H,7-8,10-11H2,(H2,19,23)(H,20,26)(H,21,24)(H,22,25). The molecule has 5 N–H and O–H groups in total. The minimum absolute atomic E-state index is 0.171. The van der Waals surface area contributed by atoms with Crippen molar-refractivity contribution in [3.05, 3.63) is 57.8 Å². The average Bonchev–Trinajstić information content (AvgIpc) is 3.19. The van der Waals surface area contributed by atoms with E-state index in [2.05, 4.69) is 16.0 Å². The number of hydrogen-bond donors (Lipinski definition) is 4. The van der Waals surface area contributed by atoms with Crippen molar-refractivity contribution in [3.8, 4) is 0 Å². The van der Waals surface area contributed by atoms with Crippen LogP contribution in [0, 0.1) is 0 Å². The number of thiophene rings is 1. The predicted molar refractivity (Wildman–Crippen MR) is 101 cm³/mol. The van der Waals surface area contributed by atoms with Gasteiger partial charge in [0.1, 0.15) is 0 Å². The second-order valence-electron chi connectivity index (χ2n) is 5.61. The number of benzene rings is 1. The zero-order valence-corrected chi connectivity index (χ0v) is 15.3. The number of nitrogens with one attached hydrogen (secondary N) is 3. The third kappa shape index (κ3) is 6.90. The first-order valence-electron chi connectivity index (χ1n) is 8.19. The molecule has 2 aromatic rings. The molecule has 0 atom stereocenters. The highest BCUT2D eigenvalue weighted by atomic mass is 32.1. The van der Waals surface area contributed by atoms with Gasteiger partial charge in [-0.2, -0.15) is 0 Å². The van der Waals surface area contributed by atoms with Crippen LogP contribution in [0.5, 0.6) is 0 Å². The fourth-order valence-electron chi connectivity index (χ4n) is 2.12. The van der Waals surface area contributed by atoms with Gasteiger partial charge in [0.15, 0.2) is 0 Å². The summed E-state index contributed by atoms with van der Waals surface area (Å²) in [5, 5.41) is 9.64. The Bertz CT molecular complexity index is 803. The van der Waals surface area contributed by atoms with Crippen LogP contribution in [0.3, 0.4) is 0 Å². The Morgan fingerprint density at radius 1 is 0.926 bits per heavy atom. The zero-order valence-electron chi connectivity index (χ0n) is 14.5. The molecule has 0 aliphatic heterocycles. The molecular weight excluding hydrogens is 368 g/mol. The number of carbonyl (C=O) groups excluding carboxylic acids is 4. The van der Waals surface area contributed by atoms with Crippen molar-refractivity contribution in [2.24, 2.45) is 5.73 Å². The SMILES string of the molecule is NC(=O)CNC(=O)c1ccc(CNC(=O)CCNC(=O)c2cccs2)cc1. The van der Waals surface area contributed by atoms with Gasteiger partial charge in [-0.15, -0.1) is 11.3 Å². The Labute approximate surface area is 160 Å². The van der Waals surface area contributed by atoms with Gasteiger partial charge in [0.25, 0.3) is 11.8 Å². The summed E-state index contributed by atoms with van der Waals surface area (Å²) in [6, 6.07) is 10.1. The quantitative estimate of drug-likeness (QED) is 0.495. The average molecular weight is 388 g/mol. The number of amides is 4. The molecule has 4 amide bonds. The lowest BCUT2D eigenvalue weighted by molar-refractivity contribution is -0.121. The summed E-state index contributed by atoms with van der Waals surface area (Å²) in [5.41, 5.74) is 6.18. The Kier molecular flexibility index (Phi) is 7.50. The first-order valence-corrected chi connectivity index (χ1v) is 9.07. The first kappa shape index (κ1) is 20.1. The van der Waals surface area contributed by atoms with E-state index in [1.165, 1.54) is 11.3 Å². The van der Waals surface area contributed by atoms with Crippen LogP contribution in [-0.4, -0.2) is 36.7 Å². The largest absolute Gasteiger partial charge is 0.368 e. The Balaban J connectivity index is 1.69. The number of primary amides is 1. The third-order valence-corrected chi connectivity index (χ3v) is 4.38. The summed E-state index contributed by atoms with van der Waals surface area (Å²) in [7, 11) is 0. The topological polar surface area (TPSA) is 130 Å². The van der Waals surface area contributed by atoms with Crippen LogP contribution in [0.1, 0.15) is 32.0 Å². The van der Waals surface area contributed by atoms with Crippen LogP contribution in [0.2, 0.25) is 0 Å². The van der Waals surface area contributed by atoms with Crippen molar-refractivity contribution in [1.82, 2.24) is 16.0 Å². The van der Waals surface area contributed by atoms with Gasteiger partial charge in [-0.05, 0) is 29.1 Å². The molecule has 0 unspecified atom stereocenters. The molecule has 0 spiro atoms. The van der Waals surface area contributed by atoms with E-state index in [0.717, 1.165) is 5.56 Å². The van der Waals surface area contributed by atoms with Gasteiger partial charge < -0.3 is 21.7 Å². The number of rotatable bonds is 9. The zero-order chi connectivity index (χ0) is 19.6. The number of hydrogen-bond acceptors (Lipinski definition) is 5. The van der Waals surface area contributed by atoms with Crippen molar-refractivity contribution in [1.29, 1.82) is 0 Å². The maximum atomic E-state index is 11.8. The molecule has 0 aliphatic rings. The highest BCUT2D eigenvalue weighted by molar-refractivity contribution is 7.12. The highest BCUT2D eigenvalue weighted by Crippen LogP contribution is 2.07. The summed E-state index contributed by atoms with van der Waals surface area (Å²) in [5.74, 6) is -1.40.